The van der Waals surface area contributed by atoms with Gasteiger partial charge in [0.25, 0.3) is 0 Å². The molecule has 0 heterocycles. The van der Waals surface area contributed by atoms with Crippen molar-refractivity contribution < 1.29 is 4.39 Å². The zero-order chi connectivity index (χ0) is 13.1. The van der Waals surface area contributed by atoms with E-state index < -0.39 is 0 Å². The number of hydrogen-bond acceptors (Lipinski definition) is 2. The lowest BCUT2D eigenvalue weighted by Crippen LogP contribution is -2.05. The summed E-state index contributed by atoms with van der Waals surface area (Å²) >= 11 is 0. The first-order valence-corrected chi connectivity index (χ1v) is 5.67. The molecule has 0 aliphatic carbocycles. The lowest BCUT2D eigenvalue weighted by atomic mass is 9.98. The monoisotopic (exact) mass is 240 g/mol. The third-order valence-electron chi connectivity index (χ3n) is 2.82. The Bertz CT molecular complexity index is 612. The molecule has 0 aliphatic heterocycles. The van der Waals surface area contributed by atoms with Crippen LogP contribution in [0.5, 0.6) is 0 Å². The van der Waals surface area contributed by atoms with E-state index >= 15 is 0 Å². The summed E-state index contributed by atoms with van der Waals surface area (Å²) in [4.78, 5) is 0. The van der Waals surface area contributed by atoms with Crippen LogP contribution < -0.4 is 5.73 Å². The van der Waals surface area contributed by atoms with Crippen molar-refractivity contribution in [3.05, 3.63) is 59.4 Å². The van der Waals surface area contributed by atoms with Crippen LogP contribution in [0.1, 0.15) is 24.1 Å². The first-order chi connectivity index (χ1) is 8.61. The van der Waals surface area contributed by atoms with Crippen molar-refractivity contribution in [1.29, 1.82) is 5.26 Å². The van der Waals surface area contributed by atoms with Crippen molar-refractivity contribution >= 4 is 0 Å². The normalized spacial score (nSPS) is 11.9. The van der Waals surface area contributed by atoms with E-state index in [1.165, 1.54) is 6.07 Å². The van der Waals surface area contributed by atoms with Gasteiger partial charge >= 0.3 is 0 Å². The van der Waals surface area contributed by atoms with Crippen LogP contribution in [0.25, 0.3) is 11.1 Å². The average Bonchev–Trinajstić information content (AvgIpc) is 2.39. The number of nitrogens with zero attached hydrogens (tertiary/aromatic N) is 1. The summed E-state index contributed by atoms with van der Waals surface area (Å²) in [5.41, 5.74) is 8.34. The van der Waals surface area contributed by atoms with Gasteiger partial charge in [-0.05, 0) is 42.3 Å². The standard InChI is InChI=1S/C15H13FN2/c1-10(18)12-5-6-15(16)14(8-12)13-4-2-3-11(7-13)9-17/h2-8,10H,18H2,1H3. The van der Waals surface area contributed by atoms with Crippen molar-refractivity contribution in [2.45, 2.75) is 13.0 Å². The third kappa shape index (κ3) is 2.39. The molecular formula is C15H13FN2. The molecule has 0 saturated carbocycles. The highest BCUT2D eigenvalue weighted by Gasteiger charge is 2.08. The number of benzene rings is 2. The highest BCUT2D eigenvalue weighted by atomic mass is 19.1. The van der Waals surface area contributed by atoms with Crippen LogP contribution >= 0.6 is 0 Å². The molecule has 0 saturated heterocycles. The highest BCUT2D eigenvalue weighted by molar-refractivity contribution is 5.66. The highest BCUT2D eigenvalue weighted by Crippen LogP contribution is 2.26. The van der Waals surface area contributed by atoms with Gasteiger partial charge in [0.15, 0.2) is 0 Å². The molecule has 3 heteroatoms. The molecule has 2 nitrogen and oxygen atoms in total. The van der Waals surface area contributed by atoms with E-state index in [1.54, 1.807) is 36.4 Å². The summed E-state index contributed by atoms with van der Waals surface area (Å²) in [7, 11) is 0. The van der Waals surface area contributed by atoms with E-state index in [4.69, 9.17) is 11.0 Å². The molecule has 0 spiro atoms. The summed E-state index contributed by atoms with van der Waals surface area (Å²) in [6.07, 6.45) is 0. The van der Waals surface area contributed by atoms with E-state index in [2.05, 4.69) is 0 Å². The second kappa shape index (κ2) is 4.99. The third-order valence-corrected chi connectivity index (χ3v) is 2.82. The minimum Gasteiger partial charge on any atom is -0.324 e. The van der Waals surface area contributed by atoms with Crippen LogP contribution in [0.3, 0.4) is 0 Å². The lowest BCUT2D eigenvalue weighted by molar-refractivity contribution is 0.629. The Morgan fingerprint density at radius 2 is 2.00 bits per heavy atom. The number of hydrogen-bond donors (Lipinski definition) is 1. The second-order valence-corrected chi connectivity index (χ2v) is 4.22. The number of nitriles is 1. The molecule has 0 aromatic heterocycles. The van der Waals surface area contributed by atoms with Crippen LogP contribution in [-0.4, -0.2) is 0 Å². The SMILES string of the molecule is CC(N)c1ccc(F)c(-c2cccc(C#N)c2)c1. The fraction of sp³-hybridized carbons (Fsp3) is 0.133. The topological polar surface area (TPSA) is 49.8 Å². The Hall–Kier alpha value is -2.18. The Kier molecular flexibility index (Phi) is 3.40. The van der Waals surface area contributed by atoms with Crippen molar-refractivity contribution in [3.8, 4) is 17.2 Å². The molecular weight excluding hydrogens is 227 g/mol. The summed E-state index contributed by atoms with van der Waals surface area (Å²) in [5.74, 6) is -0.311. The van der Waals surface area contributed by atoms with Gasteiger partial charge in [-0.25, -0.2) is 4.39 Å². The van der Waals surface area contributed by atoms with Gasteiger partial charge in [-0.3, -0.25) is 0 Å². The van der Waals surface area contributed by atoms with E-state index in [0.29, 0.717) is 16.7 Å². The van der Waals surface area contributed by atoms with E-state index in [0.717, 1.165) is 5.56 Å². The van der Waals surface area contributed by atoms with Gasteiger partial charge in [0.1, 0.15) is 5.82 Å². The van der Waals surface area contributed by atoms with E-state index in [9.17, 15) is 4.39 Å². The second-order valence-electron chi connectivity index (χ2n) is 4.22. The average molecular weight is 240 g/mol. The minimum absolute atomic E-state index is 0.150. The molecule has 0 aliphatic rings. The summed E-state index contributed by atoms with van der Waals surface area (Å²) in [5, 5.41) is 8.86. The van der Waals surface area contributed by atoms with Gasteiger partial charge in [0.05, 0.1) is 11.6 Å². The molecule has 0 fully saturated rings. The molecule has 0 radical (unpaired) electrons. The molecule has 2 aromatic carbocycles. The van der Waals surface area contributed by atoms with Crippen LogP contribution in [0.2, 0.25) is 0 Å². The summed E-state index contributed by atoms with van der Waals surface area (Å²) in [6.45, 7) is 1.85. The Morgan fingerprint density at radius 3 is 2.67 bits per heavy atom. The van der Waals surface area contributed by atoms with Crippen LogP contribution in [0.4, 0.5) is 4.39 Å². The van der Waals surface area contributed by atoms with Gasteiger partial charge in [0.2, 0.25) is 0 Å². The Balaban J connectivity index is 2.55. The smallest absolute Gasteiger partial charge is 0.131 e. The summed E-state index contributed by atoms with van der Waals surface area (Å²) < 4.78 is 13.8. The van der Waals surface area contributed by atoms with Crippen LogP contribution in [0.15, 0.2) is 42.5 Å². The molecule has 2 rings (SSSR count). The number of halogens is 1. The molecule has 90 valence electrons. The molecule has 18 heavy (non-hydrogen) atoms. The van der Waals surface area contributed by atoms with Gasteiger partial charge in [-0.2, -0.15) is 5.26 Å². The maximum absolute atomic E-state index is 13.8. The van der Waals surface area contributed by atoms with Gasteiger partial charge in [-0.15, -0.1) is 0 Å². The van der Waals surface area contributed by atoms with Gasteiger partial charge < -0.3 is 5.73 Å². The zero-order valence-electron chi connectivity index (χ0n) is 10.0. The van der Waals surface area contributed by atoms with Crippen LogP contribution in [-0.2, 0) is 0 Å². The Labute approximate surface area is 105 Å². The number of nitrogens with two attached hydrogens (primary N) is 1. The fourth-order valence-corrected chi connectivity index (χ4v) is 1.80. The minimum atomic E-state index is -0.311. The molecule has 1 unspecified atom stereocenters. The first kappa shape index (κ1) is 12.3. The van der Waals surface area contributed by atoms with E-state index in [1.807, 2.05) is 13.0 Å². The quantitative estimate of drug-likeness (QED) is 0.874. The number of rotatable bonds is 2. The van der Waals surface area contributed by atoms with Gasteiger partial charge in [0, 0.05) is 11.6 Å². The molecule has 1 atom stereocenters. The first-order valence-electron chi connectivity index (χ1n) is 5.67. The molecule has 0 amide bonds. The van der Waals surface area contributed by atoms with Gasteiger partial charge in [-0.1, -0.05) is 18.2 Å². The largest absolute Gasteiger partial charge is 0.324 e. The molecule has 2 aromatic rings. The Morgan fingerprint density at radius 1 is 1.22 bits per heavy atom. The van der Waals surface area contributed by atoms with Crippen molar-refractivity contribution in [3.63, 3.8) is 0 Å². The van der Waals surface area contributed by atoms with Crippen molar-refractivity contribution in [2.75, 3.05) is 0 Å². The lowest BCUT2D eigenvalue weighted by Gasteiger charge is -2.10. The molecule has 0 bridgehead atoms. The predicted octanol–water partition coefficient (Wildman–Crippen LogP) is 3.38. The van der Waals surface area contributed by atoms with Crippen molar-refractivity contribution in [2.24, 2.45) is 5.73 Å². The maximum Gasteiger partial charge on any atom is 0.131 e. The summed E-state index contributed by atoms with van der Waals surface area (Å²) in [6, 6.07) is 13.6. The maximum atomic E-state index is 13.8. The molecule has 2 N–H and O–H groups in total. The van der Waals surface area contributed by atoms with Crippen LogP contribution in [0, 0.1) is 17.1 Å². The van der Waals surface area contributed by atoms with Crippen molar-refractivity contribution in [1.82, 2.24) is 0 Å². The predicted molar refractivity (Wildman–Crippen MR) is 69.2 cm³/mol. The fourth-order valence-electron chi connectivity index (χ4n) is 1.80. The zero-order valence-corrected chi connectivity index (χ0v) is 10.0. The van der Waals surface area contributed by atoms with E-state index in [-0.39, 0.29) is 11.9 Å².